The summed E-state index contributed by atoms with van der Waals surface area (Å²) in [6.07, 6.45) is -4.72. The van der Waals surface area contributed by atoms with Gasteiger partial charge in [-0.15, -0.1) is 13.2 Å². The molecular weight excluding hydrogens is 247 g/mol. The fourth-order valence-corrected chi connectivity index (χ4v) is 1.01. The molecule has 0 atom stereocenters. The molecule has 0 aliphatic rings. The van der Waals surface area contributed by atoms with Crippen molar-refractivity contribution in [3.8, 4) is 5.75 Å². The molecule has 0 heterocycles. The highest BCUT2D eigenvalue weighted by atomic mass is 19.4. The van der Waals surface area contributed by atoms with E-state index < -0.39 is 11.8 Å². The first-order valence-electron chi connectivity index (χ1n) is 5.20. The van der Waals surface area contributed by atoms with Crippen molar-refractivity contribution >= 4 is 11.6 Å². The van der Waals surface area contributed by atoms with Crippen LogP contribution in [0.15, 0.2) is 29.3 Å². The van der Waals surface area contributed by atoms with Gasteiger partial charge in [0.2, 0.25) is 0 Å². The maximum Gasteiger partial charge on any atom is 0.573 e. The van der Waals surface area contributed by atoms with Crippen LogP contribution in [0.5, 0.6) is 5.75 Å². The molecule has 18 heavy (non-hydrogen) atoms. The van der Waals surface area contributed by atoms with Crippen molar-refractivity contribution in [2.24, 2.45) is 10.4 Å². The minimum absolute atomic E-state index is 0.296. The Morgan fingerprint density at radius 1 is 1.11 bits per heavy atom. The van der Waals surface area contributed by atoms with Crippen molar-refractivity contribution in [1.82, 2.24) is 0 Å². The number of benzene rings is 1. The zero-order valence-electron chi connectivity index (χ0n) is 10.2. The molecule has 0 radical (unpaired) electrons. The average molecular weight is 260 g/mol. The third-order valence-electron chi connectivity index (χ3n) is 1.94. The molecule has 0 aliphatic carbocycles. The van der Waals surface area contributed by atoms with Crippen LogP contribution in [0.3, 0.4) is 0 Å². The molecule has 1 aromatic carbocycles. The van der Waals surface area contributed by atoms with Crippen molar-refractivity contribution in [2.75, 3.05) is 0 Å². The van der Waals surface area contributed by atoms with Gasteiger partial charge in [0.1, 0.15) is 5.75 Å². The number of aliphatic imine (C=N–C) groups is 1. The minimum Gasteiger partial charge on any atom is -0.861 e. The van der Waals surface area contributed by atoms with Crippen LogP contribution in [0.1, 0.15) is 20.8 Å². The molecule has 6 heteroatoms. The second-order valence-corrected chi connectivity index (χ2v) is 4.71. The van der Waals surface area contributed by atoms with Crippen LogP contribution in [0.2, 0.25) is 0 Å². The zero-order chi connectivity index (χ0) is 14.0. The first-order valence-corrected chi connectivity index (χ1v) is 5.20. The Morgan fingerprint density at radius 2 is 1.61 bits per heavy atom. The largest absolute Gasteiger partial charge is 0.861 e. The van der Waals surface area contributed by atoms with E-state index in [4.69, 9.17) is 0 Å². The Hall–Kier alpha value is -1.72. The zero-order valence-corrected chi connectivity index (χ0v) is 10.2. The van der Waals surface area contributed by atoms with Gasteiger partial charge in [-0.3, -0.25) is 4.99 Å². The molecule has 3 nitrogen and oxygen atoms in total. The van der Waals surface area contributed by atoms with Crippen LogP contribution >= 0.6 is 0 Å². The number of hydrogen-bond donors (Lipinski definition) is 0. The molecule has 100 valence electrons. The van der Waals surface area contributed by atoms with E-state index in [9.17, 15) is 18.3 Å². The predicted molar refractivity (Wildman–Crippen MR) is 59.7 cm³/mol. The summed E-state index contributed by atoms with van der Waals surface area (Å²) < 4.78 is 39.4. The van der Waals surface area contributed by atoms with Crippen LogP contribution in [0, 0.1) is 5.41 Å². The Morgan fingerprint density at radius 3 is 2.00 bits per heavy atom. The maximum atomic E-state index is 11.9. The summed E-state index contributed by atoms with van der Waals surface area (Å²) in [5.41, 5.74) is -0.328. The predicted octanol–water partition coefficient (Wildman–Crippen LogP) is 3.02. The molecule has 0 spiro atoms. The monoisotopic (exact) mass is 260 g/mol. The molecule has 0 bridgehead atoms. The standard InChI is InChI=1S/C12H14F3NO2/c1-11(2,3)10(17)16-8-4-6-9(7-5-8)18-12(13,14)15/h4-7H,1-3H3,(H,16,17)/p-1. The highest BCUT2D eigenvalue weighted by molar-refractivity contribution is 5.80. The fraction of sp³-hybridized carbons (Fsp3) is 0.417. The summed E-state index contributed by atoms with van der Waals surface area (Å²) in [4.78, 5) is 3.79. The lowest BCUT2D eigenvalue weighted by molar-refractivity contribution is -0.274. The molecule has 0 unspecified atom stereocenters. The van der Waals surface area contributed by atoms with Crippen molar-refractivity contribution < 1.29 is 23.0 Å². The molecule has 0 saturated heterocycles. The molecule has 0 aliphatic heterocycles. The summed E-state index contributed by atoms with van der Waals surface area (Å²) in [5, 5.41) is 11.6. The lowest BCUT2D eigenvalue weighted by atomic mass is 9.97. The summed E-state index contributed by atoms with van der Waals surface area (Å²) in [5.74, 6) is -0.684. The smallest absolute Gasteiger partial charge is 0.573 e. The Balaban J connectivity index is 2.84. The van der Waals surface area contributed by atoms with Gasteiger partial charge in [-0.2, -0.15) is 0 Å². The molecule has 0 saturated carbocycles. The summed E-state index contributed by atoms with van der Waals surface area (Å²) in [7, 11) is 0. The first kappa shape index (κ1) is 14.3. The quantitative estimate of drug-likeness (QED) is 0.606. The van der Waals surface area contributed by atoms with E-state index in [1.807, 2.05) is 0 Å². The summed E-state index contributed by atoms with van der Waals surface area (Å²) in [6.45, 7) is 5.12. The lowest BCUT2D eigenvalue weighted by Crippen LogP contribution is -2.32. The number of nitrogens with zero attached hydrogens (tertiary/aromatic N) is 1. The van der Waals surface area contributed by atoms with Gasteiger partial charge in [0.05, 0.1) is 5.69 Å². The number of halogens is 3. The van der Waals surface area contributed by atoms with E-state index in [2.05, 4.69) is 9.73 Å². The highest BCUT2D eigenvalue weighted by Crippen LogP contribution is 2.25. The van der Waals surface area contributed by atoms with Gasteiger partial charge >= 0.3 is 6.36 Å². The van der Waals surface area contributed by atoms with E-state index in [-0.39, 0.29) is 11.6 Å². The van der Waals surface area contributed by atoms with Gasteiger partial charge in [-0.25, -0.2) is 0 Å². The van der Waals surface area contributed by atoms with E-state index in [1.54, 1.807) is 20.8 Å². The van der Waals surface area contributed by atoms with Gasteiger partial charge in [-0.05, 0) is 35.6 Å². The molecule has 0 amide bonds. The van der Waals surface area contributed by atoms with Crippen LogP contribution in [-0.4, -0.2) is 12.3 Å². The third kappa shape index (κ3) is 4.65. The van der Waals surface area contributed by atoms with Crippen LogP contribution < -0.4 is 9.84 Å². The van der Waals surface area contributed by atoms with E-state index >= 15 is 0 Å². The van der Waals surface area contributed by atoms with Gasteiger partial charge in [-0.1, -0.05) is 20.8 Å². The van der Waals surface area contributed by atoms with Crippen LogP contribution in [-0.2, 0) is 0 Å². The molecule has 1 rings (SSSR count). The van der Waals surface area contributed by atoms with Crippen molar-refractivity contribution in [1.29, 1.82) is 0 Å². The number of hydrogen-bond acceptors (Lipinski definition) is 3. The van der Waals surface area contributed by atoms with Crippen molar-refractivity contribution in [3.63, 3.8) is 0 Å². The highest BCUT2D eigenvalue weighted by Gasteiger charge is 2.30. The van der Waals surface area contributed by atoms with Crippen molar-refractivity contribution in [2.45, 2.75) is 27.1 Å². The SMILES string of the molecule is CC(C)(C)C([O-])=Nc1ccc(OC(F)(F)F)cc1. The topological polar surface area (TPSA) is 44.7 Å². The van der Waals surface area contributed by atoms with Gasteiger partial charge in [0, 0.05) is 0 Å². The lowest BCUT2D eigenvalue weighted by Gasteiger charge is -2.25. The maximum absolute atomic E-state index is 11.9. The Labute approximate surface area is 103 Å². The average Bonchev–Trinajstić information content (AvgIpc) is 2.17. The van der Waals surface area contributed by atoms with Crippen molar-refractivity contribution in [3.05, 3.63) is 24.3 Å². The Bertz CT molecular complexity index is 430. The van der Waals surface area contributed by atoms with Gasteiger partial charge in [0.25, 0.3) is 0 Å². The molecule has 0 N–H and O–H groups in total. The minimum atomic E-state index is -4.72. The fourth-order valence-electron chi connectivity index (χ4n) is 1.01. The second kappa shape index (κ2) is 4.88. The summed E-state index contributed by atoms with van der Waals surface area (Å²) >= 11 is 0. The number of alkyl halides is 3. The van der Waals surface area contributed by atoms with Gasteiger partial charge in [0.15, 0.2) is 0 Å². The normalized spacial score (nSPS) is 13.6. The number of ether oxygens (including phenoxy) is 1. The second-order valence-electron chi connectivity index (χ2n) is 4.71. The summed E-state index contributed by atoms with van der Waals surface area (Å²) in [6, 6.07) is 4.82. The number of rotatable bonds is 2. The van der Waals surface area contributed by atoms with E-state index in [1.165, 1.54) is 12.1 Å². The first-order chi connectivity index (χ1) is 8.08. The third-order valence-corrected chi connectivity index (χ3v) is 1.94. The van der Waals surface area contributed by atoms with E-state index in [0.29, 0.717) is 5.69 Å². The Kier molecular flexibility index (Phi) is 3.88. The molecular formula is C12H13F3NO2-. The van der Waals surface area contributed by atoms with Crippen LogP contribution in [0.25, 0.3) is 0 Å². The molecule has 0 fully saturated rings. The molecule has 1 aromatic rings. The van der Waals surface area contributed by atoms with Gasteiger partial charge < -0.3 is 9.84 Å². The van der Waals surface area contributed by atoms with E-state index in [0.717, 1.165) is 12.1 Å². The van der Waals surface area contributed by atoms with Crippen LogP contribution in [0.4, 0.5) is 18.9 Å². The molecule has 0 aromatic heterocycles.